The number of carbonyl (C=O) groups excluding carboxylic acids is 2. The molecular weight excluding hydrogens is 396 g/mol. The molecule has 2 rings (SSSR count). The summed E-state index contributed by atoms with van der Waals surface area (Å²) in [6.45, 7) is 4.75. The summed E-state index contributed by atoms with van der Waals surface area (Å²) >= 11 is 0. The van der Waals surface area contributed by atoms with E-state index in [9.17, 15) is 18.0 Å². The second-order valence-electron chi connectivity index (χ2n) is 7.44. The molecule has 1 aliphatic rings. The van der Waals surface area contributed by atoms with E-state index in [2.05, 4.69) is 5.32 Å². The van der Waals surface area contributed by atoms with Crippen LogP contribution in [0.25, 0.3) is 0 Å². The lowest BCUT2D eigenvalue weighted by Gasteiger charge is -2.37. The van der Waals surface area contributed by atoms with E-state index in [1.165, 1.54) is 18.4 Å². The van der Waals surface area contributed by atoms with Gasteiger partial charge in [0, 0.05) is 45.8 Å². The Hall–Kier alpha value is -2.17. The number of benzene rings is 1. The number of nitrogens with one attached hydrogen (secondary N) is 1. The van der Waals surface area contributed by atoms with E-state index >= 15 is 0 Å². The third kappa shape index (κ3) is 5.46. The van der Waals surface area contributed by atoms with Crippen molar-refractivity contribution in [3.8, 4) is 5.75 Å². The van der Waals surface area contributed by atoms with E-state index < -0.39 is 16.3 Å². The van der Waals surface area contributed by atoms with Gasteiger partial charge in [0.05, 0.1) is 7.11 Å². The minimum atomic E-state index is -3.50. The Morgan fingerprint density at radius 3 is 2.07 bits per heavy atom. The quantitative estimate of drug-likeness (QED) is 0.680. The van der Waals surface area contributed by atoms with Gasteiger partial charge in [-0.05, 0) is 30.2 Å². The van der Waals surface area contributed by atoms with Gasteiger partial charge in [-0.25, -0.2) is 0 Å². The molecule has 1 N–H and O–H groups in total. The van der Waals surface area contributed by atoms with E-state index in [0.29, 0.717) is 11.3 Å². The predicted octanol–water partition coefficient (Wildman–Crippen LogP) is 0.400. The van der Waals surface area contributed by atoms with E-state index in [-0.39, 0.29) is 43.9 Å². The summed E-state index contributed by atoms with van der Waals surface area (Å²) in [5.41, 5.74) is 0.436. The van der Waals surface area contributed by atoms with Crippen molar-refractivity contribution in [1.82, 2.24) is 18.8 Å². The van der Waals surface area contributed by atoms with Crippen molar-refractivity contribution in [3.63, 3.8) is 0 Å². The van der Waals surface area contributed by atoms with Crippen LogP contribution in [0.15, 0.2) is 24.3 Å². The van der Waals surface area contributed by atoms with Gasteiger partial charge in [0.25, 0.3) is 16.1 Å². The van der Waals surface area contributed by atoms with Crippen molar-refractivity contribution in [2.24, 2.45) is 5.92 Å². The van der Waals surface area contributed by atoms with Gasteiger partial charge in [0.2, 0.25) is 5.91 Å². The maximum atomic E-state index is 13.0. The van der Waals surface area contributed by atoms with E-state index in [1.54, 1.807) is 36.3 Å². The summed E-state index contributed by atoms with van der Waals surface area (Å²) in [6.07, 6.45) is 0. The summed E-state index contributed by atoms with van der Waals surface area (Å²) < 4.78 is 32.1. The molecule has 9 nitrogen and oxygen atoms in total. The van der Waals surface area contributed by atoms with Crippen LogP contribution in [0.1, 0.15) is 24.2 Å². The number of nitrogens with zero attached hydrogens (tertiary/aromatic N) is 3. The first-order valence-corrected chi connectivity index (χ1v) is 10.9. The number of rotatable bonds is 7. The number of piperazine rings is 1. The summed E-state index contributed by atoms with van der Waals surface area (Å²) in [5, 5.41) is 2.82. The average Bonchev–Trinajstić information content (AvgIpc) is 2.71. The van der Waals surface area contributed by atoms with Gasteiger partial charge in [-0.2, -0.15) is 17.0 Å². The molecule has 0 aromatic heterocycles. The van der Waals surface area contributed by atoms with Crippen LogP contribution in [-0.2, 0) is 15.0 Å². The molecule has 29 heavy (non-hydrogen) atoms. The monoisotopic (exact) mass is 426 g/mol. The van der Waals surface area contributed by atoms with Crippen LogP contribution >= 0.6 is 0 Å². The first-order valence-electron chi connectivity index (χ1n) is 9.49. The van der Waals surface area contributed by atoms with Crippen molar-refractivity contribution in [2.45, 2.75) is 19.9 Å². The van der Waals surface area contributed by atoms with Crippen LogP contribution in [-0.4, -0.2) is 87.2 Å². The molecule has 1 atom stereocenters. The molecule has 0 saturated carbocycles. The fourth-order valence-electron chi connectivity index (χ4n) is 3.05. The molecule has 1 unspecified atom stereocenters. The topological polar surface area (TPSA) is 99.3 Å². The average molecular weight is 427 g/mol. The molecule has 1 heterocycles. The number of methoxy groups -OCH3 is 1. The van der Waals surface area contributed by atoms with Gasteiger partial charge in [-0.3, -0.25) is 9.59 Å². The van der Waals surface area contributed by atoms with Gasteiger partial charge in [-0.15, -0.1) is 0 Å². The van der Waals surface area contributed by atoms with E-state index in [0.717, 1.165) is 4.31 Å². The molecular formula is C19H30N4O5S. The van der Waals surface area contributed by atoms with Gasteiger partial charge < -0.3 is 15.0 Å². The van der Waals surface area contributed by atoms with Crippen LogP contribution in [0.2, 0.25) is 0 Å². The molecule has 162 valence electrons. The molecule has 0 radical (unpaired) electrons. The summed E-state index contributed by atoms with van der Waals surface area (Å²) in [4.78, 5) is 27.2. The smallest absolute Gasteiger partial charge is 0.281 e. The van der Waals surface area contributed by atoms with Crippen molar-refractivity contribution in [2.75, 3.05) is 47.4 Å². The van der Waals surface area contributed by atoms with Crippen LogP contribution in [0.5, 0.6) is 5.75 Å². The lowest BCUT2D eigenvalue weighted by molar-refractivity contribution is -0.135. The fourth-order valence-corrected chi connectivity index (χ4v) is 4.13. The lowest BCUT2D eigenvalue weighted by atomic mass is 10.0. The van der Waals surface area contributed by atoms with Crippen molar-refractivity contribution >= 4 is 22.0 Å². The second-order valence-corrected chi connectivity index (χ2v) is 9.58. The van der Waals surface area contributed by atoms with Crippen molar-refractivity contribution in [1.29, 1.82) is 0 Å². The third-order valence-corrected chi connectivity index (χ3v) is 6.85. The Morgan fingerprint density at radius 1 is 1.07 bits per heavy atom. The third-order valence-electron chi connectivity index (χ3n) is 4.91. The molecule has 1 aromatic rings. The summed E-state index contributed by atoms with van der Waals surface area (Å²) in [5.74, 6) is -0.0193. The molecule has 1 fully saturated rings. The zero-order chi connectivity index (χ0) is 21.8. The van der Waals surface area contributed by atoms with Crippen molar-refractivity contribution in [3.05, 3.63) is 29.8 Å². The summed E-state index contributed by atoms with van der Waals surface area (Å²) in [6, 6.07) is 5.96. The lowest BCUT2D eigenvalue weighted by Crippen LogP contribution is -2.58. The Balaban J connectivity index is 2.03. The highest BCUT2D eigenvalue weighted by atomic mass is 32.2. The zero-order valence-electron chi connectivity index (χ0n) is 17.6. The molecule has 2 amide bonds. The molecule has 0 bridgehead atoms. The van der Waals surface area contributed by atoms with Crippen LogP contribution < -0.4 is 10.1 Å². The Bertz CT molecular complexity index is 816. The minimum Gasteiger partial charge on any atom is -0.497 e. The second kappa shape index (κ2) is 9.55. The first-order chi connectivity index (χ1) is 13.6. The first kappa shape index (κ1) is 23.1. The van der Waals surface area contributed by atoms with E-state index in [4.69, 9.17) is 4.74 Å². The highest BCUT2D eigenvalue weighted by Gasteiger charge is 2.34. The van der Waals surface area contributed by atoms with Crippen molar-refractivity contribution < 1.29 is 22.7 Å². The van der Waals surface area contributed by atoms with Crippen LogP contribution in [0.3, 0.4) is 0 Å². The van der Waals surface area contributed by atoms with Crippen LogP contribution in [0.4, 0.5) is 0 Å². The number of ether oxygens (including phenoxy) is 1. The number of amides is 2. The molecule has 10 heteroatoms. The van der Waals surface area contributed by atoms with E-state index in [1.807, 2.05) is 13.8 Å². The highest BCUT2D eigenvalue weighted by Crippen LogP contribution is 2.15. The van der Waals surface area contributed by atoms with Gasteiger partial charge in [0.15, 0.2) is 0 Å². The molecule has 0 aliphatic carbocycles. The predicted molar refractivity (Wildman–Crippen MR) is 110 cm³/mol. The zero-order valence-corrected chi connectivity index (χ0v) is 18.4. The SMILES string of the molecule is COc1ccc(C(=O)NC(C(=O)N2CCN(S(=O)(=O)N(C)C)CC2)C(C)C)cc1. The Kier molecular flexibility index (Phi) is 7.61. The molecule has 1 aliphatic heterocycles. The van der Waals surface area contributed by atoms with Gasteiger partial charge in [0.1, 0.15) is 11.8 Å². The fraction of sp³-hybridized carbons (Fsp3) is 0.579. The molecule has 1 aromatic carbocycles. The maximum Gasteiger partial charge on any atom is 0.281 e. The number of hydrogen-bond donors (Lipinski definition) is 1. The maximum absolute atomic E-state index is 13.0. The standard InChI is InChI=1S/C19H30N4O5S/c1-14(2)17(20-18(24)15-6-8-16(28-5)9-7-15)19(25)22-10-12-23(13-11-22)29(26,27)21(3)4/h6-9,14,17H,10-13H2,1-5H3,(H,20,24). The minimum absolute atomic E-state index is 0.117. The van der Waals surface area contributed by atoms with Crippen LogP contribution in [0, 0.1) is 5.92 Å². The molecule has 1 saturated heterocycles. The highest BCUT2D eigenvalue weighted by molar-refractivity contribution is 7.86. The number of hydrogen-bond acceptors (Lipinski definition) is 5. The summed E-state index contributed by atoms with van der Waals surface area (Å²) in [7, 11) is 1.01. The Labute approximate surface area is 172 Å². The molecule has 0 spiro atoms. The normalized spacial score (nSPS) is 16.7. The number of carbonyl (C=O) groups is 2. The van der Waals surface area contributed by atoms with Gasteiger partial charge in [-0.1, -0.05) is 13.8 Å². The van der Waals surface area contributed by atoms with Gasteiger partial charge >= 0.3 is 0 Å². The Morgan fingerprint density at radius 2 is 1.62 bits per heavy atom. The largest absolute Gasteiger partial charge is 0.497 e.